The van der Waals surface area contributed by atoms with Crippen LogP contribution in [0.4, 0.5) is 0 Å². The highest BCUT2D eigenvalue weighted by atomic mass is 32.2. The zero-order valence-corrected chi connectivity index (χ0v) is 24.4. The molecule has 0 saturated heterocycles. The van der Waals surface area contributed by atoms with Gasteiger partial charge in [-0.05, 0) is 22.3 Å². The first-order chi connectivity index (χ1) is 21.2. The van der Waals surface area contributed by atoms with E-state index in [0.717, 1.165) is 22.3 Å². The molecule has 0 aliphatic rings. The van der Waals surface area contributed by atoms with Crippen molar-refractivity contribution < 1.29 is 9.59 Å². The van der Waals surface area contributed by atoms with Crippen molar-refractivity contribution in [1.82, 2.24) is 0 Å². The van der Waals surface area contributed by atoms with Gasteiger partial charge in [-0.15, -0.1) is 11.8 Å². The monoisotopic (exact) mass is 574 g/mol. The predicted molar refractivity (Wildman–Crippen MR) is 176 cm³/mol. The van der Waals surface area contributed by atoms with Gasteiger partial charge in [-0.3, -0.25) is 9.59 Å². The molecule has 0 aliphatic heterocycles. The van der Waals surface area contributed by atoms with E-state index in [-0.39, 0.29) is 11.6 Å². The van der Waals surface area contributed by atoms with Crippen molar-refractivity contribution in [3.8, 4) is 0 Å². The van der Waals surface area contributed by atoms with Gasteiger partial charge in [-0.2, -0.15) is 0 Å². The Hall–Kier alpha value is -4.99. The first-order valence-corrected chi connectivity index (χ1v) is 15.1. The summed E-state index contributed by atoms with van der Waals surface area (Å²) in [5.41, 5.74) is 4.36. The normalized spacial score (nSPS) is 11.5. The fraction of sp³-hybridized carbons (Fsp3) is 0.0500. The maximum atomic E-state index is 15.2. The molecular weight excluding hydrogens is 545 g/mol. The summed E-state index contributed by atoms with van der Waals surface area (Å²) in [5.74, 6) is -0.180. The maximum absolute atomic E-state index is 15.2. The molecule has 0 amide bonds. The highest BCUT2D eigenvalue weighted by Crippen LogP contribution is 2.58. The standard InChI is InChI=1S/C40H30O2S/c41-37(31-19-7-1-8-20-31)39(33-23-11-3-12-24-33,34-25-13-4-14-26-34)43-40(35-27-15-5-16-28-35,36-29-17-6-18-30-36)38(42)32-21-9-2-10-22-32/h1-30H. The van der Waals surface area contributed by atoms with Crippen LogP contribution in [0.25, 0.3) is 0 Å². The summed E-state index contributed by atoms with van der Waals surface area (Å²) in [6, 6.07) is 58.2. The lowest BCUT2D eigenvalue weighted by molar-refractivity contribution is 0.0952. The lowest BCUT2D eigenvalue weighted by atomic mass is 9.82. The van der Waals surface area contributed by atoms with E-state index < -0.39 is 9.49 Å². The molecule has 0 spiro atoms. The third kappa shape index (κ3) is 5.24. The number of hydrogen-bond donors (Lipinski definition) is 0. The molecule has 2 nitrogen and oxygen atoms in total. The smallest absolute Gasteiger partial charge is 0.187 e. The van der Waals surface area contributed by atoms with Gasteiger partial charge >= 0.3 is 0 Å². The van der Waals surface area contributed by atoms with Gasteiger partial charge in [0.2, 0.25) is 0 Å². The van der Waals surface area contributed by atoms with Gasteiger partial charge in [-0.1, -0.05) is 182 Å². The van der Waals surface area contributed by atoms with E-state index in [4.69, 9.17) is 0 Å². The van der Waals surface area contributed by atoms with E-state index in [0.29, 0.717) is 11.1 Å². The molecule has 0 fully saturated rings. The summed E-state index contributed by atoms with van der Waals surface area (Å²) in [6.45, 7) is 0. The highest BCUT2D eigenvalue weighted by Gasteiger charge is 2.54. The van der Waals surface area contributed by atoms with E-state index in [2.05, 4.69) is 0 Å². The van der Waals surface area contributed by atoms with Crippen LogP contribution in [0.1, 0.15) is 43.0 Å². The SMILES string of the molecule is O=C(c1ccccc1)C(SC(C(=O)c1ccccc1)(c1ccccc1)c1ccccc1)(c1ccccc1)c1ccccc1. The molecule has 0 aromatic heterocycles. The van der Waals surface area contributed by atoms with Gasteiger partial charge in [0.25, 0.3) is 0 Å². The molecule has 3 heteroatoms. The second-order valence-corrected chi connectivity index (χ2v) is 11.7. The first-order valence-electron chi connectivity index (χ1n) is 14.3. The zero-order chi connectivity index (χ0) is 29.5. The third-order valence-corrected chi connectivity index (χ3v) is 9.66. The largest absolute Gasteiger partial charge is 0.292 e. The fourth-order valence-corrected chi connectivity index (χ4v) is 7.59. The Kier molecular flexibility index (Phi) is 8.17. The minimum atomic E-state index is -1.29. The van der Waals surface area contributed by atoms with E-state index >= 15 is 9.59 Å². The summed E-state index contributed by atoms with van der Waals surface area (Å²) in [4.78, 5) is 30.5. The predicted octanol–water partition coefficient (Wildman–Crippen LogP) is 9.37. The molecule has 0 aliphatic carbocycles. The van der Waals surface area contributed by atoms with E-state index in [1.807, 2.05) is 182 Å². The van der Waals surface area contributed by atoms with Crippen LogP contribution in [-0.2, 0) is 9.49 Å². The third-order valence-electron chi connectivity index (χ3n) is 7.74. The van der Waals surface area contributed by atoms with Crippen molar-refractivity contribution in [3.05, 3.63) is 215 Å². The van der Waals surface area contributed by atoms with Gasteiger partial charge in [0.1, 0.15) is 9.49 Å². The topological polar surface area (TPSA) is 34.1 Å². The Labute approximate surface area is 257 Å². The van der Waals surface area contributed by atoms with Crippen molar-refractivity contribution in [2.24, 2.45) is 0 Å². The number of Topliss-reactive ketones (excluding diaryl/α,β-unsaturated/α-hetero) is 2. The van der Waals surface area contributed by atoms with Gasteiger partial charge < -0.3 is 0 Å². The van der Waals surface area contributed by atoms with Crippen LogP contribution in [0.5, 0.6) is 0 Å². The number of rotatable bonds is 10. The molecule has 208 valence electrons. The number of benzene rings is 6. The van der Waals surface area contributed by atoms with Crippen LogP contribution < -0.4 is 0 Å². The molecule has 6 rings (SSSR count). The number of hydrogen-bond acceptors (Lipinski definition) is 3. The van der Waals surface area contributed by atoms with Crippen LogP contribution in [0.3, 0.4) is 0 Å². The summed E-state index contributed by atoms with van der Waals surface area (Å²) in [7, 11) is 0. The molecule has 0 heterocycles. The summed E-state index contributed by atoms with van der Waals surface area (Å²) in [6.07, 6.45) is 0. The lowest BCUT2D eigenvalue weighted by Crippen LogP contribution is -2.44. The number of ketones is 2. The number of carbonyl (C=O) groups excluding carboxylic acids is 2. The Balaban J connectivity index is 1.74. The van der Waals surface area contributed by atoms with Crippen molar-refractivity contribution >= 4 is 23.3 Å². The van der Waals surface area contributed by atoms with Gasteiger partial charge in [0.15, 0.2) is 11.6 Å². The molecule has 0 N–H and O–H groups in total. The highest BCUT2D eigenvalue weighted by molar-refractivity contribution is 8.03. The van der Waals surface area contributed by atoms with Crippen molar-refractivity contribution in [2.45, 2.75) is 9.49 Å². The molecule has 6 aromatic rings. The van der Waals surface area contributed by atoms with E-state index in [9.17, 15) is 0 Å². The Morgan fingerprint density at radius 2 is 0.535 bits per heavy atom. The zero-order valence-electron chi connectivity index (χ0n) is 23.5. The van der Waals surface area contributed by atoms with E-state index in [1.165, 1.54) is 11.8 Å². The first kappa shape index (κ1) is 28.1. The van der Waals surface area contributed by atoms with Gasteiger partial charge in [0.05, 0.1) is 0 Å². The van der Waals surface area contributed by atoms with Crippen molar-refractivity contribution in [3.63, 3.8) is 0 Å². The molecule has 0 bridgehead atoms. The molecule has 6 aromatic carbocycles. The number of carbonyl (C=O) groups is 2. The summed E-state index contributed by atoms with van der Waals surface area (Å²) >= 11 is 1.40. The van der Waals surface area contributed by atoms with Crippen LogP contribution >= 0.6 is 11.8 Å². The molecule has 43 heavy (non-hydrogen) atoms. The molecule has 0 unspecified atom stereocenters. The Bertz CT molecular complexity index is 1570. The van der Waals surface area contributed by atoms with Crippen LogP contribution in [0.2, 0.25) is 0 Å². The summed E-state index contributed by atoms with van der Waals surface area (Å²) in [5, 5.41) is 0. The maximum Gasteiger partial charge on any atom is 0.187 e. The van der Waals surface area contributed by atoms with E-state index in [1.54, 1.807) is 0 Å². The average molecular weight is 575 g/mol. The van der Waals surface area contributed by atoms with Gasteiger partial charge in [-0.25, -0.2) is 0 Å². The fourth-order valence-electron chi connectivity index (χ4n) is 5.69. The molecule has 0 radical (unpaired) electrons. The minimum Gasteiger partial charge on any atom is -0.292 e. The quantitative estimate of drug-likeness (QED) is 0.153. The Morgan fingerprint density at radius 3 is 0.767 bits per heavy atom. The average Bonchev–Trinajstić information content (AvgIpc) is 3.11. The lowest BCUT2D eigenvalue weighted by Gasteiger charge is -2.43. The summed E-state index contributed by atoms with van der Waals surface area (Å²) < 4.78 is -2.58. The van der Waals surface area contributed by atoms with Crippen LogP contribution in [0, 0.1) is 0 Å². The number of thioether (sulfide) groups is 1. The molecule has 0 atom stereocenters. The molecule has 0 saturated carbocycles. The minimum absolute atomic E-state index is 0.0902. The second-order valence-electron chi connectivity index (χ2n) is 10.3. The Morgan fingerprint density at radius 1 is 0.326 bits per heavy atom. The second kappa shape index (κ2) is 12.5. The van der Waals surface area contributed by atoms with Crippen molar-refractivity contribution in [1.29, 1.82) is 0 Å². The molecular formula is C40H30O2S. The van der Waals surface area contributed by atoms with Crippen LogP contribution in [-0.4, -0.2) is 11.6 Å². The van der Waals surface area contributed by atoms with Gasteiger partial charge in [0, 0.05) is 11.1 Å². The van der Waals surface area contributed by atoms with Crippen LogP contribution in [0.15, 0.2) is 182 Å². The van der Waals surface area contributed by atoms with Crippen molar-refractivity contribution in [2.75, 3.05) is 0 Å².